The van der Waals surface area contributed by atoms with Crippen molar-refractivity contribution in [1.29, 1.82) is 0 Å². The van der Waals surface area contributed by atoms with E-state index in [0.717, 1.165) is 37.2 Å². The normalized spacial score (nSPS) is 23.4. The Morgan fingerprint density at radius 2 is 2.10 bits per heavy atom. The first-order valence-corrected chi connectivity index (χ1v) is 7.63. The number of hydrogen-bond acceptors (Lipinski definition) is 4. The number of aryl methyl sites for hydroxylation is 1. The summed E-state index contributed by atoms with van der Waals surface area (Å²) in [7, 11) is 0. The monoisotopic (exact) mass is 285 g/mol. The smallest absolute Gasteiger partial charge is 0.226 e. The minimum absolute atomic E-state index is 0.344. The lowest BCUT2D eigenvalue weighted by molar-refractivity contribution is 0.138. The Bertz CT molecular complexity index is 590. The number of benzene rings is 1. The van der Waals surface area contributed by atoms with E-state index >= 15 is 0 Å². The fraction of sp³-hybridized carbons (Fsp3) is 0.471. The van der Waals surface area contributed by atoms with Crippen LogP contribution in [-0.4, -0.2) is 28.5 Å². The standard InChI is InChI=1S/C17H23N3O/c1-12-3-5-14(6-4-12)17-19-16(11-21-17)10-20-8-7-15(18)9-13(20)2/h3-6,11,13,15H,7-10,18H2,1-2H3. The van der Waals surface area contributed by atoms with E-state index in [0.29, 0.717) is 18.0 Å². The van der Waals surface area contributed by atoms with E-state index in [9.17, 15) is 0 Å². The summed E-state index contributed by atoms with van der Waals surface area (Å²) in [6, 6.07) is 9.10. The van der Waals surface area contributed by atoms with Gasteiger partial charge in [-0.1, -0.05) is 17.7 Å². The van der Waals surface area contributed by atoms with Crippen LogP contribution in [0, 0.1) is 6.92 Å². The van der Waals surface area contributed by atoms with Gasteiger partial charge in [0, 0.05) is 30.7 Å². The maximum Gasteiger partial charge on any atom is 0.226 e. The van der Waals surface area contributed by atoms with E-state index < -0.39 is 0 Å². The minimum Gasteiger partial charge on any atom is -0.444 e. The fourth-order valence-corrected chi connectivity index (χ4v) is 2.91. The van der Waals surface area contributed by atoms with Crippen LogP contribution in [0.1, 0.15) is 31.0 Å². The average Bonchev–Trinajstić information content (AvgIpc) is 2.91. The summed E-state index contributed by atoms with van der Waals surface area (Å²) in [5.74, 6) is 0.700. The third-order valence-corrected chi connectivity index (χ3v) is 4.27. The van der Waals surface area contributed by atoms with Gasteiger partial charge in [-0.25, -0.2) is 4.98 Å². The Kier molecular flexibility index (Phi) is 4.08. The molecule has 0 bridgehead atoms. The summed E-state index contributed by atoms with van der Waals surface area (Å²) in [6.45, 7) is 6.19. The highest BCUT2D eigenvalue weighted by atomic mass is 16.3. The van der Waals surface area contributed by atoms with Crippen LogP contribution in [0.25, 0.3) is 11.5 Å². The molecular formula is C17H23N3O. The van der Waals surface area contributed by atoms with Crippen LogP contribution in [0.5, 0.6) is 0 Å². The quantitative estimate of drug-likeness (QED) is 0.942. The van der Waals surface area contributed by atoms with Crippen molar-refractivity contribution in [2.45, 2.75) is 45.3 Å². The van der Waals surface area contributed by atoms with Gasteiger partial charge in [0.2, 0.25) is 5.89 Å². The van der Waals surface area contributed by atoms with Crippen LogP contribution in [0.3, 0.4) is 0 Å². The molecule has 1 aliphatic heterocycles. The van der Waals surface area contributed by atoms with Crippen LogP contribution < -0.4 is 5.73 Å². The third-order valence-electron chi connectivity index (χ3n) is 4.27. The zero-order valence-corrected chi connectivity index (χ0v) is 12.7. The summed E-state index contributed by atoms with van der Waals surface area (Å²) >= 11 is 0. The van der Waals surface area contributed by atoms with Crippen LogP contribution in [0.15, 0.2) is 34.9 Å². The molecule has 1 fully saturated rings. The number of rotatable bonds is 3. The molecule has 3 rings (SSSR count). The molecule has 0 saturated carbocycles. The number of oxazole rings is 1. The Balaban J connectivity index is 1.69. The number of nitrogens with two attached hydrogens (primary N) is 1. The minimum atomic E-state index is 0.344. The molecule has 4 nitrogen and oxygen atoms in total. The predicted molar refractivity (Wildman–Crippen MR) is 83.8 cm³/mol. The number of nitrogens with zero attached hydrogens (tertiary/aromatic N) is 2. The zero-order valence-electron chi connectivity index (χ0n) is 12.7. The lowest BCUT2D eigenvalue weighted by Crippen LogP contribution is -2.45. The van der Waals surface area contributed by atoms with E-state index in [4.69, 9.17) is 10.2 Å². The van der Waals surface area contributed by atoms with Crippen LogP contribution >= 0.6 is 0 Å². The molecule has 1 aliphatic rings. The molecule has 112 valence electrons. The molecule has 21 heavy (non-hydrogen) atoms. The first kappa shape index (κ1) is 14.3. The fourth-order valence-electron chi connectivity index (χ4n) is 2.91. The molecule has 1 aromatic carbocycles. The zero-order chi connectivity index (χ0) is 14.8. The van der Waals surface area contributed by atoms with Crippen molar-refractivity contribution >= 4 is 0 Å². The van der Waals surface area contributed by atoms with E-state index in [1.165, 1.54) is 5.56 Å². The van der Waals surface area contributed by atoms with Crippen molar-refractivity contribution in [3.63, 3.8) is 0 Å². The molecule has 2 heterocycles. The molecule has 1 saturated heterocycles. The number of hydrogen-bond donors (Lipinski definition) is 1. The highest BCUT2D eigenvalue weighted by molar-refractivity contribution is 5.53. The summed E-state index contributed by atoms with van der Waals surface area (Å²) in [4.78, 5) is 7.05. The van der Waals surface area contributed by atoms with Gasteiger partial charge in [-0.2, -0.15) is 0 Å². The lowest BCUT2D eigenvalue weighted by Gasteiger charge is -2.35. The molecule has 2 aromatic rings. The molecule has 0 spiro atoms. The lowest BCUT2D eigenvalue weighted by atomic mass is 9.99. The van der Waals surface area contributed by atoms with E-state index in [2.05, 4.69) is 35.9 Å². The highest BCUT2D eigenvalue weighted by Crippen LogP contribution is 2.22. The maximum atomic E-state index is 6.01. The van der Waals surface area contributed by atoms with Crippen molar-refractivity contribution < 1.29 is 4.42 Å². The second-order valence-corrected chi connectivity index (χ2v) is 6.11. The largest absolute Gasteiger partial charge is 0.444 e. The first-order chi connectivity index (χ1) is 10.1. The van der Waals surface area contributed by atoms with Crippen molar-refractivity contribution in [3.8, 4) is 11.5 Å². The Morgan fingerprint density at radius 3 is 2.81 bits per heavy atom. The van der Waals surface area contributed by atoms with Gasteiger partial charge in [-0.15, -0.1) is 0 Å². The SMILES string of the molecule is Cc1ccc(-c2nc(CN3CCC(N)CC3C)co2)cc1. The molecule has 0 amide bonds. The van der Waals surface area contributed by atoms with E-state index in [-0.39, 0.29) is 0 Å². The molecule has 0 aliphatic carbocycles. The number of likely N-dealkylation sites (tertiary alicyclic amines) is 1. The van der Waals surface area contributed by atoms with E-state index in [1.807, 2.05) is 12.1 Å². The summed E-state index contributed by atoms with van der Waals surface area (Å²) < 4.78 is 5.63. The Labute approximate surface area is 126 Å². The maximum absolute atomic E-state index is 6.01. The second-order valence-electron chi connectivity index (χ2n) is 6.11. The predicted octanol–water partition coefficient (Wildman–Crippen LogP) is 2.96. The van der Waals surface area contributed by atoms with Crippen molar-refractivity contribution in [2.24, 2.45) is 5.73 Å². The average molecular weight is 285 g/mol. The van der Waals surface area contributed by atoms with Crippen LogP contribution in [0.4, 0.5) is 0 Å². The highest BCUT2D eigenvalue weighted by Gasteiger charge is 2.24. The van der Waals surface area contributed by atoms with Gasteiger partial charge in [-0.05, 0) is 38.8 Å². The van der Waals surface area contributed by atoms with Crippen LogP contribution in [0.2, 0.25) is 0 Å². The molecule has 0 radical (unpaired) electrons. The van der Waals surface area contributed by atoms with Gasteiger partial charge in [0.15, 0.2) is 0 Å². The van der Waals surface area contributed by atoms with Crippen LogP contribution in [-0.2, 0) is 6.54 Å². The molecular weight excluding hydrogens is 262 g/mol. The van der Waals surface area contributed by atoms with Gasteiger partial charge in [0.25, 0.3) is 0 Å². The summed E-state index contributed by atoms with van der Waals surface area (Å²) in [5, 5.41) is 0. The summed E-state index contributed by atoms with van der Waals surface area (Å²) in [5.41, 5.74) is 9.27. The molecule has 4 heteroatoms. The topological polar surface area (TPSA) is 55.3 Å². The van der Waals surface area contributed by atoms with Crippen molar-refractivity contribution in [1.82, 2.24) is 9.88 Å². The van der Waals surface area contributed by atoms with Crippen molar-refractivity contribution in [3.05, 3.63) is 41.8 Å². The van der Waals surface area contributed by atoms with Crippen molar-refractivity contribution in [2.75, 3.05) is 6.54 Å². The molecule has 2 unspecified atom stereocenters. The van der Waals surface area contributed by atoms with E-state index in [1.54, 1.807) is 6.26 Å². The molecule has 2 N–H and O–H groups in total. The Hall–Kier alpha value is -1.65. The molecule has 2 atom stereocenters. The van der Waals surface area contributed by atoms with Gasteiger partial charge >= 0.3 is 0 Å². The summed E-state index contributed by atoms with van der Waals surface area (Å²) in [6.07, 6.45) is 3.89. The van der Waals surface area contributed by atoms with Gasteiger partial charge in [0.05, 0.1) is 5.69 Å². The number of piperidine rings is 1. The van der Waals surface area contributed by atoms with Gasteiger partial charge in [-0.3, -0.25) is 4.90 Å². The van der Waals surface area contributed by atoms with Gasteiger partial charge in [0.1, 0.15) is 6.26 Å². The second kappa shape index (κ2) is 6.00. The number of aromatic nitrogens is 1. The van der Waals surface area contributed by atoms with Gasteiger partial charge < -0.3 is 10.2 Å². The molecule has 1 aromatic heterocycles. The Morgan fingerprint density at radius 1 is 1.33 bits per heavy atom. The first-order valence-electron chi connectivity index (χ1n) is 7.63. The third kappa shape index (κ3) is 3.34.